The molecule has 21 heavy (non-hydrogen) atoms. The van der Waals surface area contributed by atoms with Crippen molar-refractivity contribution in [3.05, 3.63) is 53.0 Å². The summed E-state index contributed by atoms with van der Waals surface area (Å²) in [4.78, 5) is 12.1. The van der Waals surface area contributed by atoms with Crippen LogP contribution in [-0.4, -0.2) is 17.6 Å². The number of carbonyl (C=O) groups is 1. The summed E-state index contributed by atoms with van der Waals surface area (Å²) < 4.78 is 5.13. The lowest BCUT2D eigenvalue weighted by molar-refractivity contribution is 0.102. The van der Waals surface area contributed by atoms with Crippen LogP contribution in [0.4, 0.5) is 5.69 Å². The molecule has 1 amide bonds. The van der Waals surface area contributed by atoms with Crippen molar-refractivity contribution < 1.29 is 14.3 Å². The van der Waals surface area contributed by atoms with Gasteiger partial charge in [0.05, 0.1) is 12.2 Å². The minimum Gasteiger partial charge on any atom is -0.469 e. The van der Waals surface area contributed by atoms with Crippen LogP contribution in [0.5, 0.6) is 0 Å². The first kappa shape index (κ1) is 14.9. The maximum Gasteiger partial charge on any atom is 0.258 e. The van der Waals surface area contributed by atoms with Crippen molar-refractivity contribution in [3.63, 3.8) is 0 Å². The molecule has 4 heteroatoms. The summed E-state index contributed by atoms with van der Waals surface area (Å²) >= 11 is 0. The summed E-state index contributed by atoms with van der Waals surface area (Å²) in [6.45, 7) is 3.77. The fourth-order valence-corrected chi connectivity index (χ4v) is 1.91. The second-order valence-electron chi connectivity index (χ2n) is 4.76. The van der Waals surface area contributed by atoms with Crippen LogP contribution < -0.4 is 5.32 Å². The highest BCUT2D eigenvalue weighted by atomic mass is 16.3. The fraction of sp³-hybridized carbons (Fsp3) is 0.235. The molecular weight excluding hydrogens is 266 g/mol. The summed E-state index contributed by atoms with van der Waals surface area (Å²) in [5.41, 5.74) is 2.99. The van der Waals surface area contributed by atoms with Gasteiger partial charge in [-0.25, -0.2) is 0 Å². The van der Waals surface area contributed by atoms with Crippen LogP contribution in [-0.2, 0) is 0 Å². The number of anilines is 1. The van der Waals surface area contributed by atoms with Gasteiger partial charge in [-0.05, 0) is 43.7 Å². The van der Waals surface area contributed by atoms with Gasteiger partial charge in [0, 0.05) is 17.7 Å². The van der Waals surface area contributed by atoms with Crippen molar-refractivity contribution >= 4 is 11.6 Å². The SMILES string of the molecule is Cc1cc(C#CCCO)cc(NC(=O)c2coc(C)c2)c1. The van der Waals surface area contributed by atoms with E-state index < -0.39 is 0 Å². The van der Waals surface area contributed by atoms with Gasteiger partial charge in [0.15, 0.2) is 0 Å². The van der Waals surface area contributed by atoms with Crippen LogP contribution in [0, 0.1) is 25.7 Å². The van der Waals surface area contributed by atoms with E-state index in [1.54, 1.807) is 13.0 Å². The molecule has 0 spiro atoms. The zero-order chi connectivity index (χ0) is 15.2. The number of rotatable bonds is 3. The van der Waals surface area contributed by atoms with E-state index in [1.807, 2.05) is 25.1 Å². The number of aliphatic hydroxyl groups excluding tert-OH is 1. The first-order valence-corrected chi connectivity index (χ1v) is 6.66. The van der Waals surface area contributed by atoms with Crippen molar-refractivity contribution in [2.24, 2.45) is 0 Å². The van der Waals surface area contributed by atoms with Gasteiger partial charge in [-0.15, -0.1) is 0 Å². The van der Waals surface area contributed by atoms with Crippen LogP contribution in [0.25, 0.3) is 0 Å². The van der Waals surface area contributed by atoms with Gasteiger partial charge in [0.1, 0.15) is 12.0 Å². The summed E-state index contributed by atoms with van der Waals surface area (Å²) in [5, 5.41) is 11.6. The highest BCUT2D eigenvalue weighted by molar-refractivity contribution is 6.04. The molecule has 0 aliphatic heterocycles. The Morgan fingerprint density at radius 1 is 1.29 bits per heavy atom. The average Bonchev–Trinajstić information content (AvgIpc) is 2.85. The van der Waals surface area contributed by atoms with Gasteiger partial charge in [-0.1, -0.05) is 11.8 Å². The first-order chi connectivity index (χ1) is 10.1. The molecule has 1 aromatic heterocycles. The average molecular weight is 283 g/mol. The lowest BCUT2D eigenvalue weighted by atomic mass is 10.1. The molecule has 0 saturated carbocycles. The van der Waals surface area contributed by atoms with Crippen LogP contribution in [0.15, 0.2) is 34.9 Å². The number of aliphatic hydroxyl groups is 1. The Hall–Kier alpha value is -2.51. The number of hydrogen-bond acceptors (Lipinski definition) is 3. The number of nitrogens with one attached hydrogen (secondary N) is 1. The second kappa shape index (κ2) is 6.78. The van der Waals surface area contributed by atoms with Crippen molar-refractivity contribution in [2.45, 2.75) is 20.3 Å². The highest BCUT2D eigenvalue weighted by Gasteiger charge is 2.09. The van der Waals surface area contributed by atoms with E-state index >= 15 is 0 Å². The van der Waals surface area contributed by atoms with Gasteiger partial charge in [0.2, 0.25) is 0 Å². The molecule has 0 bridgehead atoms. The maximum absolute atomic E-state index is 12.1. The van der Waals surface area contributed by atoms with Crippen LogP contribution >= 0.6 is 0 Å². The minimum atomic E-state index is -0.216. The molecule has 2 N–H and O–H groups in total. The van der Waals surface area contributed by atoms with Gasteiger partial charge in [-0.2, -0.15) is 0 Å². The molecule has 1 aromatic carbocycles. The molecular formula is C17H17NO3. The number of amides is 1. The van der Waals surface area contributed by atoms with Crippen molar-refractivity contribution in [1.29, 1.82) is 0 Å². The van der Waals surface area contributed by atoms with Gasteiger partial charge in [0.25, 0.3) is 5.91 Å². The van der Waals surface area contributed by atoms with E-state index in [0.29, 0.717) is 23.4 Å². The summed E-state index contributed by atoms with van der Waals surface area (Å²) in [6, 6.07) is 7.30. The Morgan fingerprint density at radius 2 is 2.10 bits per heavy atom. The Morgan fingerprint density at radius 3 is 2.76 bits per heavy atom. The maximum atomic E-state index is 12.1. The lowest BCUT2D eigenvalue weighted by Crippen LogP contribution is -2.11. The predicted molar refractivity (Wildman–Crippen MR) is 81.2 cm³/mol. The molecule has 4 nitrogen and oxygen atoms in total. The fourth-order valence-electron chi connectivity index (χ4n) is 1.91. The smallest absolute Gasteiger partial charge is 0.258 e. The van der Waals surface area contributed by atoms with Gasteiger partial charge < -0.3 is 14.8 Å². The molecule has 108 valence electrons. The van der Waals surface area contributed by atoms with E-state index in [-0.39, 0.29) is 12.5 Å². The third kappa shape index (κ3) is 4.23. The highest BCUT2D eigenvalue weighted by Crippen LogP contribution is 2.16. The molecule has 2 rings (SSSR count). The third-order valence-electron chi connectivity index (χ3n) is 2.80. The molecule has 0 aliphatic carbocycles. The Kier molecular flexibility index (Phi) is 4.81. The number of benzene rings is 1. The molecule has 1 heterocycles. The number of hydrogen-bond donors (Lipinski definition) is 2. The first-order valence-electron chi connectivity index (χ1n) is 6.66. The van der Waals surface area contributed by atoms with E-state index in [4.69, 9.17) is 9.52 Å². The largest absolute Gasteiger partial charge is 0.469 e. The van der Waals surface area contributed by atoms with Gasteiger partial charge in [-0.3, -0.25) is 4.79 Å². The van der Waals surface area contributed by atoms with Crippen LogP contribution in [0.3, 0.4) is 0 Å². The zero-order valence-corrected chi connectivity index (χ0v) is 12.1. The number of furan rings is 1. The topological polar surface area (TPSA) is 62.5 Å². The summed E-state index contributed by atoms with van der Waals surface area (Å²) in [6.07, 6.45) is 1.87. The molecule has 0 atom stereocenters. The van der Waals surface area contributed by atoms with Crippen LogP contribution in [0.1, 0.15) is 33.7 Å². The van der Waals surface area contributed by atoms with E-state index in [1.165, 1.54) is 6.26 Å². The minimum absolute atomic E-state index is 0.0439. The monoisotopic (exact) mass is 283 g/mol. The zero-order valence-electron chi connectivity index (χ0n) is 12.1. The predicted octanol–water partition coefficient (Wildman–Crippen LogP) is 2.88. The van der Waals surface area contributed by atoms with Crippen molar-refractivity contribution in [3.8, 4) is 11.8 Å². The quantitative estimate of drug-likeness (QED) is 0.851. The molecule has 0 unspecified atom stereocenters. The van der Waals surface area contributed by atoms with Crippen molar-refractivity contribution in [2.75, 3.05) is 11.9 Å². The van der Waals surface area contributed by atoms with E-state index in [0.717, 1.165) is 11.1 Å². The molecule has 0 aliphatic rings. The Labute approximate surface area is 123 Å². The molecule has 0 saturated heterocycles. The summed E-state index contributed by atoms with van der Waals surface area (Å²) in [5.74, 6) is 6.31. The normalized spacial score (nSPS) is 9.86. The van der Waals surface area contributed by atoms with Crippen molar-refractivity contribution in [1.82, 2.24) is 0 Å². The number of carbonyl (C=O) groups excluding carboxylic acids is 1. The summed E-state index contributed by atoms with van der Waals surface area (Å²) in [7, 11) is 0. The third-order valence-corrected chi connectivity index (χ3v) is 2.80. The second-order valence-corrected chi connectivity index (χ2v) is 4.76. The number of aryl methyl sites for hydroxylation is 2. The molecule has 0 radical (unpaired) electrons. The Bertz CT molecular complexity index is 704. The van der Waals surface area contributed by atoms with Gasteiger partial charge >= 0.3 is 0 Å². The van der Waals surface area contributed by atoms with E-state index in [2.05, 4.69) is 17.2 Å². The standard InChI is InChI=1S/C17H17NO3/c1-12-7-14(5-3-4-6-19)10-16(8-12)18-17(20)15-9-13(2)21-11-15/h7-11,19H,4,6H2,1-2H3,(H,18,20). The molecule has 2 aromatic rings. The lowest BCUT2D eigenvalue weighted by Gasteiger charge is -2.05. The molecule has 0 fully saturated rings. The van der Waals surface area contributed by atoms with E-state index in [9.17, 15) is 4.79 Å². The van der Waals surface area contributed by atoms with Crippen LogP contribution in [0.2, 0.25) is 0 Å². The Balaban J connectivity index is 2.17.